The van der Waals surface area contributed by atoms with Crippen molar-refractivity contribution in [1.82, 2.24) is 4.90 Å². The number of nitrogens with two attached hydrogens (primary N) is 1. The van der Waals surface area contributed by atoms with Crippen molar-refractivity contribution in [2.45, 2.75) is 72.3 Å². The van der Waals surface area contributed by atoms with Crippen LogP contribution in [0.3, 0.4) is 0 Å². The first-order chi connectivity index (χ1) is 13.3. The monoisotopic (exact) mass is 408 g/mol. The molecule has 0 aliphatic carbocycles. The van der Waals surface area contributed by atoms with Gasteiger partial charge in [-0.25, -0.2) is 9.59 Å². The van der Waals surface area contributed by atoms with Crippen molar-refractivity contribution >= 4 is 17.7 Å². The minimum Gasteiger partial charge on any atom is -0.444 e. The number of benzene rings is 1. The highest BCUT2D eigenvalue weighted by Crippen LogP contribution is 2.32. The average Bonchev–Trinajstić information content (AvgIpc) is 2.58. The van der Waals surface area contributed by atoms with Gasteiger partial charge >= 0.3 is 12.1 Å². The Morgan fingerprint density at radius 1 is 1.14 bits per heavy atom. The Balaban J connectivity index is 2.95. The van der Waals surface area contributed by atoms with E-state index >= 15 is 0 Å². The second kappa shape index (κ2) is 9.96. The molecule has 0 heterocycles. The van der Waals surface area contributed by atoms with E-state index in [-0.39, 0.29) is 17.1 Å². The summed E-state index contributed by atoms with van der Waals surface area (Å²) < 4.78 is 5.57. The van der Waals surface area contributed by atoms with Crippen LogP contribution < -0.4 is 5.73 Å². The molecule has 0 bridgehead atoms. The maximum atomic E-state index is 12.6. The zero-order valence-corrected chi connectivity index (χ0v) is 18.7. The second-order valence-corrected chi connectivity index (χ2v) is 9.46. The molecule has 0 atom stereocenters. The van der Waals surface area contributed by atoms with Crippen molar-refractivity contribution in [2.24, 2.45) is 5.92 Å². The zero-order valence-electron chi connectivity index (χ0n) is 18.7. The van der Waals surface area contributed by atoms with Gasteiger partial charge in [0.1, 0.15) is 5.60 Å². The molecule has 1 rings (SSSR count). The van der Waals surface area contributed by atoms with Gasteiger partial charge < -0.3 is 15.4 Å². The maximum absolute atomic E-state index is 12.6. The van der Waals surface area contributed by atoms with Crippen LogP contribution in [0.15, 0.2) is 18.2 Å². The first-order valence-electron chi connectivity index (χ1n) is 10.0. The molecule has 0 radical (unpaired) electrons. The number of carbonyl (C=O) groups is 2. The number of hydrogen-bond acceptors (Lipinski definition) is 6. The average molecular weight is 409 g/mol. The molecule has 0 saturated carbocycles. The lowest BCUT2D eigenvalue weighted by Gasteiger charge is -2.32. The third-order valence-corrected chi connectivity index (χ3v) is 4.73. The Kier molecular flexibility index (Phi) is 8.50. The summed E-state index contributed by atoms with van der Waals surface area (Å²) >= 11 is 0. The summed E-state index contributed by atoms with van der Waals surface area (Å²) in [7, 11) is 0. The largest absolute Gasteiger partial charge is 0.444 e. The molecule has 7 nitrogen and oxygen atoms in total. The Morgan fingerprint density at radius 3 is 2.24 bits per heavy atom. The van der Waals surface area contributed by atoms with Crippen LogP contribution in [0.1, 0.15) is 77.2 Å². The van der Waals surface area contributed by atoms with E-state index < -0.39 is 11.6 Å². The maximum Gasteiger partial charge on any atom is 0.410 e. The van der Waals surface area contributed by atoms with Crippen LogP contribution in [0.5, 0.6) is 0 Å². The molecule has 0 spiro atoms. The molecule has 3 N–H and O–H groups in total. The molecule has 0 aromatic heterocycles. The predicted molar refractivity (Wildman–Crippen MR) is 114 cm³/mol. The number of carbonyl (C=O) groups excluding carboxylic acids is 2. The molecule has 1 aromatic carbocycles. The first-order valence-corrected chi connectivity index (χ1v) is 10.0. The van der Waals surface area contributed by atoms with Gasteiger partial charge in [-0.15, -0.1) is 0 Å². The fourth-order valence-corrected chi connectivity index (χ4v) is 2.94. The molecule has 29 heavy (non-hydrogen) atoms. The summed E-state index contributed by atoms with van der Waals surface area (Å²) in [4.78, 5) is 29.6. The van der Waals surface area contributed by atoms with Gasteiger partial charge in [0.2, 0.25) is 0 Å². The van der Waals surface area contributed by atoms with Crippen molar-refractivity contribution in [1.29, 1.82) is 0 Å². The molecule has 0 aliphatic heterocycles. The molecule has 1 amide bonds. The Bertz CT molecular complexity index is 708. The standard InChI is InChI=1S/C22H36N2O5/c1-15(2)10-12-24(20(26)28-21(3,4)5)13-11-22(6,7)17-9-8-16(14-18(17)23)19(25)29-27/h8-9,14-15,27H,10-13,23H2,1-7H3. The van der Waals surface area contributed by atoms with Crippen LogP contribution in [-0.4, -0.2) is 40.9 Å². The Hall–Kier alpha value is -2.28. The molecule has 0 unspecified atom stereocenters. The molecule has 0 aliphatic rings. The van der Waals surface area contributed by atoms with Crippen LogP contribution in [0.25, 0.3) is 0 Å². The van der Waals surface area contributed by atoms with Gasteiger partial charge in [0, 0.05) is 18.8 Å². The lowest BCUT2D eigenvalue weighted by atomic mass is 9.80. The van der Waals surface area contributed by atoms with Crippen LogP contribution in [0.4, 0.5) is 10.5 Å². The van der Waals surface area contributed by atoms with E-state index in [0.29, 0.717) is 31.1 Å². The number of amides is 1. The minimum absolute atomic E-state index is 0.178. The summed E-state index contributed by atoms with van der Waals surface area (Å²) in [5, 5.41) is 8.54. The summed E-state index contributed by atoms with van der Waals surface area (Å²) in [6, 6.07) is 4.81. The lowest BCUT2D eigenvalue weighted by molar-refractivity contribution is -0.182. The smallest absolute Gasteiger partial charge is 0.410 e. The number of nitrogens with zero attached hydrogens (tertiary/aromatic N) is 1. The fraction of sp³-hybridized carbons (Fsp3) is 0.636. The quantitative estimate of drug-likeness (QED) is 0.362. The van der Waals surface area contributed by atoms with Crippen LogP contribution in [0.2, 0.25) is 0 Å². The number of rotatable bonds is 8. The Labute approximate surface area is 174 Å². The van der Waals surface area contributed by atoms with Gasteiger partial charge in [-0.1, -0.05) is 33.8 Å². The summed E-state index contributed by atoms with van der Waals surface area (Å²) in [5.41, 5.74) is 6.73. The van der Waals surface area contributed by atoms with Crippen molar-refractivity contribution < 1.29 is 24.5 Å². The van der Waals surface area contributed by atoms with Gasteiger partial charge in [0.25, 0.3) is 0 Å². The van der Waals surface area contributed by atoms with E-state index in [2.05, 4.69) is 18.7 Å². The summed E-state index contributed by atoms with van der Waals surface area (Å²) in [6.07, 6.45) is 1.24. The predicted octanol–water partition coefficient (Wildman–Crippen LogP) is 4.85. The van der Waals surface area contributed by atoms with E-state index in [1.165, 1.54) is 6.07 Å². The van der Waals surface area contributed by atoms with Crippen molar-refractivity contribution in [3.05, 3.63) is 29.3 Å². The highest BCUT2D eigenvalue weighted by Gasteiger charge is 2.28. The van der Waals surface area contributed by atoms with Crippen molar-refractivity contribution in [2.75, 3.05) is 18.8 Å². The molecule has 7 heteroatoms. The third-order valence-electron chi connectivity index (χ3n) is 4.73. The van der Waals surface area contributed by atoms with E-state index in [1.807, 2.05) is 34.6 Å². The SMILES string of the molecule is CC(C)CCN(CCC(C)(C)c1ccc(C(=O)OO)cc1N)C(=O)OC(C)(C)C. The molecule has 164 valence electrons. The van der Waals surface area contributed by atoms with E-state index in [0.717, 1.165) is 12.0 Å². The number of hydrogen-bond donors (Lipinski definition) is 2. The van der Waals surface area contributed by atoms with Gasteiger partial charge in [-0.05, 0) is 62.6 Å². The topological polar surface area (TPSA) is 102 Å². The van der Waals surface area contributed by atoms with Crippen LogP contribution >= 0.6 is 0 Å². The molecular weight excluding hydrogens is 372 g/mol. The number of nitrogen functional groups attached to an aromatic ring is 1. The summed E-state index contributed by atoms with van der Waals surface area (Å²) in [5.74, 6) is -0.381. The van der Waals surface area contributed by atoms with Crippen molar-refractivity contribution in [3.8, 4) is 0 Å². The van der Waals surface area contributed by atoms with Gasteiger partial charge in [-0.2, -0.15) is 5.26 Å². The minimum atomic E-state index is -0.856. The van der Waals surface area contributed by atoms with Crippen LogP contribution in [-0.2, 0) is 15.0 Å². The lowest BCUT2D eigenvalue weighted by Crippen LogP contribution is -2.40. The number of anilines is 1. The summed E-state index contributed by atoms with van der Waals surface area (Å²) in [6.45, 7) is 15.0. The second-order valence-electron chi connectivity index (χ2n) is 9.46. The van der Waals surface area contributed by atoms with Gasteiger partial charge in [0.15, 0.2) is 0 Å². The van der Waals surface area contributed by atoms with Crippen LogP contribution in [0, 0.1) is 5.92 Å². The molecule has 1 aromatic rings. The zero-order chi connectivity index (χ0) is 22.4. The highest BCUT2D eigenvalue weighted by molar-refractivity contribution is 5.90. The number of ether oxygens (including phenoxy) is 1. The normalized spacial score (nSPS) is 12.0. The molecule has 0 fully saturated rings. The molecular formula is C22H36N2O5. The highest BCUT2D eigenvalue weighted by atomic mass is 17.1. The molecule has 0 saturated heterocycles. The van der Waals surface area contributed by atoms with Gasteiger partial charge in [0.05, 0.1) is 5.56 Å². The fourth-order valence-electron chi connectivity index (χ4n) is 2.94. The van der Waals surface area contributed by atoms with E-state index in [1.54, 1.807) is 17.0 Å². The Morgan fingerprint density at radius 2 is 1.76 bits per heavy atom. The third kappa shape index (κ3) is 7.93. The van der Waals surface area contributed by atoms with E-state index in [4.69, 9.17) is 15.7 Å². The van der Waals surface area contributed by atoms with E-state index in [9.17, 15) is 9.59 Å². The van der Waals surface area contributed by atoms with Crippen molar-refractivity contribution in [3.63, 3.8) is 0 Å². The first kappa shape index (κ1) is 24.8. The van der Waals surface area contributed by atoms with Gasteiger partial charge in [-0.3, -0.25) is 4.89 Å².